The van der Waals surface area contributed by atoms with Gasteiger partial charge in [0.2, 0.25) is 5.82 Å². The van der Waals surface area contributed by atoms with Crippen LogP contribution in [0.2, 0.25) is 25.7 Å². The third kappa shape index (κ3) is 3.96. The molecule has 0 aliphatic carbocycles. The number of rotatable bonds is 6. The quantitative estimate of drug-likeness (QED) is 0.637. The SMILES string of the molecule is Cc1nc(C(=O)O)n(COCC[Si](C)(C)C)c1C. The minimum Gasteiger partial charge on any atom is -0.475 e. The fourth-order valence-corrected chi connectivity index (χ4v) is 2.27. The Morgan fingerprint density at radius 1 is 1.39 bits per heavy atom. The van der Waals surface area contributed by atoms with Gasteiger partial charge in [0, 0.05) is 20.4 Å². The lowest BCUT2D eigenvalue weighted by atomic mass is 10.4. The first-order chi connectivity index (χ1) is 8.22. The maximum atomic E-state index is 11.0. The number of ether oxygens (including phenoxy) is 1. The van der Waals surface area contributed by atoms with Gasteiger partial charge in [-0.3, -0.25) is 4.57 Å². The third-order valence-corrected chi connectivity index (χ3v) is 4.57. The van der Waals surface area contributed by atoms with E-state index in [1.165, 1.54) is 0 Å². The maximum absolute atomic E-state index is 11.0. The van der Waals surface area contributed by atoms with Crippen LogP contribution in [0.15, 0.2) is 0 Å². The van der Waals surface area contributed by atoms with E-state index < -0.39 is 14.0 Å². The summed E-state index contributed by atoms with van der Waals surface area (Å²) >= 11 is 0. The van der Waals surface area contributed by atoms with Gasteiger partial charge in [0.15, 0.2) is 0 Å². The molecule has 5 nitrogen and oxygen atoms in total. The molecule has 0 saturated heterocycles. The van der Waals surface area contributed by atoms with Gasteiger partial charge in [-0.15, -0.1) is 0 Å². The largest absolute Gasteiger partial charge is 0.475 e. The van der Waals surface area contributed by atoms with E-state index in [4.69, 9.17) is 9.84 Å². The number of imidazole rings is 1. The Bertz CT molecular complexity index is 435. The Morgan fingerprint density at radius 2 is 2.00 bits per heavy atom. The van der Waals surface area contributed by atoms with Crippen molar-refractivity contribution in [3.63, 3.8) is 0 Å². The fourth-order valence-electron chi connectivity index (χ4n) is 1.51. The van der Waals surface area contributed by atoms with E-state index in [-0.39, 0.29) is 12.6 Å². The minimum atomic E-state index is -1.11. The van der Waals surface area contributed by atoms with Gasteiger partial charge >= 0.3 is 5.97 Å². The molecule has 18 heavy (non-hydrogen) atoms. The van der Waals surface area contributed by atoms with Crippen molar-refractivity contribution in [3.05, 3.63) is 17.2 Å². The molecule has 6 heteroatoms. The van der Waals surface area contributed by atoms with Crippen molar-refractivity contribution in [1.29, 1.82) is 0 Å². The number of aryl methyl sites for hydroxylation is 1. The van der Waals surface area contributed by atoms with Crippen molar-refractivity contribution in [2.24, 2.45) is 0 Å². The zero-order valence-corrected chi connectivity index (χ0v) is 12.8. The summed E-state index contributed by atoms with van der Waals surface area (Å²) in [5.74, 6) is -0.960. The molecule has 0 radical (unpaired) electrons. The Labute approximate surface area is 109 Å². The lowest BCUT2D eigenvalue weighted by molar-refractivity contribution is 0.0609. The van der Waals surface area contributed by atoms with Gasteiger partial charge in [-0.05, 0) is 19.9 Å². The molecule has 1 N–H and O–H groups in total. The van der Waals surface area contributed by atoms with E-state index in [0.29, 0.717) is 6.61 Å². The second-order valence-electron chi connectivity index (χ2n) is 5.69. The number of carbonyl (C=O) groups is 1. The van der Waals surface area contributed by atoms with Crippen molar-refractivity contribution < 1.29 is 14.6 Å². The van der Waals surface area contributed by atoms with Crippen LogP contribution < -0.4 is 0 Å². The van der Waals surface area contributed by atoms with Crippen molar-refractivity contribution in [2.75, 3.05) is 6.61 Å². The summed E-state index contributed by atoms with van der Waals surface area (Å²) in [7, 11) is -1.11. The minimum absolute atomic E-state index is 0.0537. The molecule has 0 aliphatic rings. The summed E-state index contributed by atoms with van der Waals surface area (Å²) in [6.45, 7) is 11.4. The average molecular weight is 270 g/mol. The summed E-state index contributed by atoms with van der Waals surface area (Å²) in [6.07, 6.45) is 0. The molecule has 1 aromatic rings. The van der Waals surface area contributed by atoms with Gasteiger partial charge in [0.25, 0.3) is 0 Å². The summed E-state index contributed by atoms with van der Waals surface area (Å²) in [4.78, 5) is 15.1. The lowest BCUT2D eigenvalue weighted by Gasteiger charge is -2.16. The van der Waals surface area contributed by atoms with E-state index in [9.17, 15) is 4.79 Å². The van der Waals surface area contributed by atoms with Crippen LogP contribution in [0.1, 0.15) is 22.0 Å². The van der Waals surface area contributed by atoms with Crippen LogP contribution in [0.5, 0.6) is 0 Å². The van der Waals surface area contributed by atoms with E-state index >= 15 is 0 Å². The highest BCUT2D eigenvalue weighted by molar-refractivity contribution is 6.76. The zero-order chi connectivity index (χ0) is 13.9. The lowest BCUT2D eigenvalue weighted by Crippen LogP contribution is -2.22. The molecule has 0 spiro atoms. The molecule has 0 aliphatic heterocycles. The zero-order valence-electron chi connectivity index (χ0n) is 11.8. The van der Waals surface area contributed by atoms with Crippen LogP contribution >= 0.6 is 0 Å². The van der Waals surface area contributed by atoms with E-state index in [0.717, 1.165) is 17.4 Å². The highest BCUT2D eigenvalue weighted by Gasteiger charge is 2.17. The smallest absolute Gasteiger partial charge is 0.372 e. The number of carboxylic acid groups (broad SMARTS) is 1. The predicted molar refractivity (Wildman–Crippen MR) is 72.8 cm³/mol. The molecule has 0 atom stereocenters. The molecular weight excluding hydrogens is 248 g/mol. The first kappa shape index (κ1) is 14.9. The number of carboxylic acids is 1. The third-order valence-electron chi connectivity index (χ3n) is 2.87. The standard InChI is InChI=1S/C12H22N2O3Si/c1-9-10(2)14(11(13-9)12(15)16)8-17-6-7-18(3,4)5/h6-8H2,1-5H3,(H,15,16). The molecule has 1 aromatic heterocycles. The molecule has 0 unspecified atom stereocenters. The molecule has 0 saturated carbocycles. The number of hydrogen-bond acceptors (Lipinski definition) is 3. The van der Waals surface area contributed by atoms with Gasteiger partial charge in [-0.1, -0.05) is 19.6 Å². The van der Waals surface area contributed by atoms with Gasteiger partial charge in [0.05, 0.1) is 5.69 Å². The molecule has 0 amide bonds. The van der Waals surface area contributed by atoms with E-state index in [2.05, 4.69) is 24.6 Å². The van der Waals surface area contributed by atoms with Gasteiger partial charge in [0.1, 0.15) is 6.73 Å². The number of nitrogens with zero attached hydrogens (tertiary/aromatic N) is 2. The van der Waals surface area contributed by atoms with Crippen molar-refractivity contribution in [3.8, 4) is 0 Å². The first-order valence-electron chi connectivity index (χ1n) is 6.07. The summed E-state index contributed by atoms with van der Waals surface area (Å²) in [5, 5.41) is 9.06. The van der Waals surface area contributed by atoms with E-state index in [1.807, 2.05) is 6.92 Å². The Kier molecular flexibility index (Phi) is 4.69. The second kappa shape index (κ2) is 5.66. The van der Waals surface area contributed by atoms with Crippen LogP contribution in [0.3, 0.4) is 0 Å². The Morgan fingerprint density at radius 3 is 2.50 bits per heavy atom. The average Bonchev–Trinajstić information content (AvgIpc) is 2.50. The molecule has 0 bridgehead atoms. The molecule has 1 heterocycles. The van der Waals surface area contributed by atoms with Crippen LogP contribution in [0.25, 0.3) is 0 Å². The Hall–Kier alpha value is -1.14. The summed E-state index contributed by atoms with van der Waals surface area (Å²) in [6, 6.07) is 1.07. The van der Waals surface area contributed by atoms with Crippen LogP contribution in [0, 0.1) is 13.8 Å². The Balaban J connectivity index is 2.64. The van der Waals surface area contributed by atoms with Crippen molar-refractivity contribution in [2.45, 2.75) is 46.3 Å². The van der Waals surface area contributed by atoms with Crippen molar-refractivity contribution >= 4 is 14.0 Å². The maximum Gasteiger partial charge on any atom is 0.372 e. The van der Waals surface area contributed by atoms with Crippen LogP contribution in [-0.4, -0.2) is 35.3 Å². The topological polar surface area (TPSA) is 64.3 Å². The highest BCUT2D eigenvalue weighted by atomic mass is 28.3. The number of aromatic nitrogens is 2. The van der Waals surface area contributed by atoms with Crippen LogP contribution in [-0.2, 0) is 11.5 Å². The molecule has 1 rings (SSSR count). The summed E-state index contributed by atoms with van der Waals surface area (Å²) < 4.78 is 7.19. The molecular formula is C12H22N2O3Si. The van der Waals surface area contributed by atoms with Gasteiger partial charge in [-0.2, -0.15) is 0 Å². The van der Waals surface area contributed by atoms with Gasteiger partial charge < -0.3 is 9.84 Å². The normalized spacial score (nSPS) is 11.8. The fraction of sp³-hybridized carbons (Fsp3) is 0.667. The molecule has 0 aromatic carbocycles. The molecule has 102 valence electrons. The van der Waals surface area contributed by atoms with Crippen molar-refractivity contribution in [1.82, 2.24) is 9.55 Å². The van der Waals surface area contributed by atoms with E-state index in [1.54, 1.807) is 11.5 Å². The molecule has 0 fully saturated rings. The highest BCUT2D eigenvalue weighted by Crippen LogP contribution is 2.12. The first-order valence-corrected chi connectivity index (χ1v) is 9.78. The second-order valence-corrected chi connectivity index (χ2v) is 11.3. The van der Waals surface area contributed by atoms with Gasteiger partial charge in [-0.25, -0.2) is 9.78 Å². The van der Waals surface area contributed by atoms with Crippen LogP contribution in [0.4, 0.5) is 0 Å². The predicted octanol–water partition coefficient (Wildman–Crippen LogP) is 2.51. The number of hydrogen-bond donors (Lipinski definition) is 1. The number of aromatic carboxylic acids is 1. The summed E-state index contributed by atoms with van der Waals surface area (Å²) in [5.41, 5.74) is 1.58. The monoisotopic (exact) mass is 270 g/mol.